The lowest BCUT2D eigenvalue weighted by molar-refractivity contribution is 0.389. The molecule has 1 aromatic carbocycles. The van der Waals surface area contributed by atoms with Crippen LogP contribution in [0.15, 0.2) is 29.2 Å². The van der Waals surface area contributed by atoms with Gasteiger partial charge in [-0.15, -0.1) is 0 Å². The van der Waals surface area contributed by atoms with E-state index in [1.165, 1.54) is 6.26 Å². The highest BCUT2D eigenvalue weighted by Gasteiger charge is 2.13. The van der Waals surface area contributed by atoms with Crippen molar-refractivity contribution in [3.05, 3.63) is 24.3 Å². The third kappa shape index (κ3) is 4.77. The van der Waals surface area contributed by atoms with Crippen LogP contribution in [0.2, 0.25) is 0 Å². The van der Waals surface area contributed by atoms with E-state index >= 15 is 0 Å². The molecule has 0 atom stereocenters. The van der Waals surface area contributed by atoms with Gasteiger partial charge in [0, 0.05) is 12.8 Å². The van der Waals surface area contributed by atoms with E-state index in [2.05, 4.69) is 26.1 Å². The van der Waals surface area contributed by atoms with E-state index in [0.29, 0.717) is 10.6 Å². The molecule has 0 radical (unpaired) electrons. The Labute approximate surface area is 104 Å². The molecule has 0 fully saturated rings. The molecular weight excluding hydrogens is 234 g/mol. The Kier molecular flexibility index (Phi) is 4.20. The molecule has 0 unspecified atom stereocenters. The van der Waals surface area contributed by atoms with Gasteiger partial charge in [0.25, 0.3) is 0 Å². The zero-order valence-corrected chi connectivity index (χ0v) is 11.8. The van der Waals surface area contributed by atoms with Crippen LogP contribution in [0.25, 0.3) is 0 Å². The quantitative estimate of drug-likeness (QED) is 0.899. The SMILES string of the molecule is CC(C)(C)CCNc1ccccc1S(C)(=O)=O. The summed E-state index contributed by atoms with van der Waals surface area (Å²) in [6.45, 7) is 7.27. The van der Waals surface area contributed by atoms with E-state index in [4.69, 9.17) is 0 Å². The Bertz CT molecular complexity index is 472. The minimum Gasteiger partial charge on any atom is -0.384 e. The minimum absolute atomic E-state index is 0.243. The number of para-hydroxylation sites is 1. The van der Waals surface area contributed by atoms with E-state index in [1.807, 2.05) is 6.07 Å². The predicted molar refractivity (Wildman–Crippen MR) is 72.1 cm³/mol. The van der Waals surface area contributed by atoms with E-state index < -0.39 is 9.84 Å². The molecule has 0 heterocycles. The molecule has 0 bridgehead atoms. The maximum absolute atomic E-state index is 11.6. The maximum Gasteiger partial charge on any atom is 0.177 e. The first-order valence-corrected chi connectivity index (χ1v) is 7.62. The summed E-state index contributed by atoms with van der Waals surface area (Å²) in [5.74, 6) is 0. The average Bonchev–Trinajstić information content (AvgIpc) is 2.15. The van der Waals surface area contributed by atoms with E-state index in [0.717, 1.165) is 13.0 Å². The summed E-state index contributed by atoms with van der Waals surface area (Å²) in [6, 6.07) is 7.02. The van der Waals surface area contributed by atoms with Crippen molar-refractivity contribution in [3.8, 4) is 0 Å². The molecule has 0 aliphatic carbocycles. The first kappa shape index (κ1) is 14.0. The molecule has 0 saturated heterocycles. The summed E-state index contributed by atoms with van der Waals surface area (Å²) in [4.78, 5) is 0.369. The summed E-state index contributed by atoms with van der Waals surface area (Å²) in [5, 5.41) is 3.20. The number of hydrogen-bond acceptors (Lipinski definition) is 3. The molecule has 1 N–H and O–H groups in total. The molecule has 96 valence electrons. The lowest BCUT2D eigenvalue weighted by Crippen LogP contribution is -2.14. The Morgan fingerprint density at radius 1 is 1.18 bits per heavy atom. The van der Waals surface area contributed by atoms with Crippen LogP contribution in [0.5, 0.6) is 0 Å². The lowest BCUT2D eigenvalue weighted by Gasteiger charge is -2.19. The predicted octanol–water partition coefficient (Wildman–Crippen LogP) is 2.94. The number of benzene rings is 1. The third-order valence-corrected chi connectivity index (χ3v) is 3.63. The molecule has 0 saturated carbocycles. The van der Waals surface area contributed by atoms with Gasteiger partial charge in [0.1, 0.15) is 0 Å². The normalized spacial score (nSPS) is 12.5. The summed E-state index contributed by atoms with van der Waals surface area (Å²) >= 11 is 0. The van der Waals surface area contributed by atoms with Gasteiger partial charge in [-0.3, -0.25) is 0 Å². The lowest BCUT2D eigenvalue weighted by atomic mass is 9.92. The number of sulfone groups is 1. The van der Waals surface area contributed by atoms with Gasteiger partial charge in [0.05, 0.1) is 10.6 Å². The molecule has 4 heteroatoms. The van der Waals surface area contributed by atoms with E-state index in [1.54, 1.807) is 18.2 Å². The monoisotopic (exact) mass is 255 g/mol. The van der Waals surface area contributed by atoms with Gasteiger partial charge in [-0.1, -0.05) is 32.9 Å². The van der Waals surface area contributed by atoms with Gasteiger partial charge in [-0.05, 0) is 24.0 Å². The van der Waals surface area contributed by atoms with Gasteiger partial charge in [-0.2, -0.15) is 0 Å². The Morgan fingerprint density at radius 3 is 2.29 bits per heavy atom. The Balaban J connectivity index is 2.79. The second-order valence-electron chi connectivity index (χ2n) is 5.51. The van der Waals surface area contributed by atoms with Gasteiger partial charge in [0.2, 0.25) is 0 Å². The first-order valence-electron chi connectivity index (χ1n) is 5.73. The summed E-state index contributed by atoms with van der Waals surface area (Å²) in [7, 11) is -3.16. The second kappa shape index (κ2) is 5.08. The smallest absolute Gasteiger partial charge is 0.177 e. The summed E-state index contributed by atoms with van der Waals surface area (Å²) in [6.07, 6.45) is 2.22. The van der Waals surface area contributed by atoms with Crippen LogP contribution in [0.1, 0.15) is 27.2 Å². The molecule has 1 aromatic rings. The standard InChI is InChI=1S/C13H21NO2S/c1-13(2,3)9-10-14-11-7-5-6-8-12(11)17(4,15)16/h5-8,14H,9-10H2,1-4H3. The topological polar surface area (TPSA) is 46.2 Å². The minimum atomic E-state index is -3.16. The fraction of sp³-hybridized carbons (Fsp3) is 0.538. The third-order valence-electron chi connectivity index (χ3n) is 2.48. The van der Waals surface area contributed by atoms with Crippen LogP contribution < -0.4 is 5.32 Å². The van der Waals surface area contributed by atoms with E-state index in [9.17, 15) is 8.42 Å². The second-order valence-corrected chi connectivity index (χ2v) is 7.49. The average molecular weight is 255 g/mol. The highest BCUT2D eigenvalue weighted by molar-refractivity contribution is 7.90. The van der Waals surface area contributed by atoms with E-state index in [-0.39, 0.29) is 5.41 Å². The van der Waals surface area contributed by atoms with Crippen molar-refractivity contribution in [1.29, 1.82) is 0 Å². The number of hydrogen-bond donors (Lipinski definition) is 1. The van der Waals surface area contributed by atoms with Crippen molar-refractivity contribution in [2.24, 2.45) is 5.41 Å². The number of nitrogens with one attached hydrogen (secondary N) is 1. The fourth-order valence-electron chi connectivity index (χ4n) is 1.51. The molecule has 0 aromatic heterocycles. The fourth-order valence-corrected chi connectivity index (χ4v) is 2.37. The summed E-state index contributed by atoms with van der Waals surface area (Å²) < 4.78 is 23.1. The van der Waals surface area contributed by atoms with Crippen molar-refractivity contribution in [3.63, 3.8) is 0 Å². The first-order chi connectivity index (χ1) is 7.70. The molecule has 0 amide bonds. The zero-order valence-electron chi connectivity index (χ0n) is 10.9. The molecule has 0 spiro atoms. The Hall–Kier alpha value is -1.03. The molecule has 3 nitrogen and oxygen atoms in total. The zero-order chi connectivity index (χ0) is 13.1. The number of anilines is 1. The molecule has 0 aliphatic heterocycles. The van der Waals surface area contributed by atoms with Gasteiger partial charge < -0.3 is 5.32 Å². The van der Waals surface area contributed by atoms with Crippen LogP contribution >= 0.6 is 0 Å². The highest BCUT2D eigenvalue weighted by atomic mass is 32.2. The van der Waals surface area contributed by atoms with Crippen LogP contribution in [0, 0.1) is 5.41 Å². The molecule has 1 rings (SSSR count). The highest BCUT2D eigenvalue weighted by Crippen LogP contribution is 2.22. The van der Waals surface area contributed by atoms with Gasteiger partial charge in [0.15, 0.2) is 9.84 Å². The van der Waals surface area contributed by atoms with Crippen LogP contribution in [-0.2, 0) is 9.84 Å². The molecule has 17 heavy (non-hydrogen) atoms. The van der Waals surface area contributed by atoms with Crippen LogP contribution in [0.3, 0.4) is 0 Å². The van der Waals surface area contributed by atoms with Crippen molar-refractivity contribution in [2.75, 3.05) is 18.1 Å². The molecule has 0 aliphatic rings. The maximum atomic E-state index is 11.6. The number of rotatable bonds is 4. The van der Waals surface area contributed by atoms with Crippen LogP contribution in [0.4, 0.5) is 5.69 Å². The summed E-state index contributed by atoms with van der Waals surface area (Å²) in [5.41, 5.74) is 0.937. The van der Waals surface area contributed by atoms with Gasteiger partial charge in [-0.25, -0.2) is 8.42 Å². The molecular formula is C13H21NO2S. The van der Waals surface area contributed by atoms with Crippen molar-refractivity contribution in [2.45, 2.75) is 32.1 Å². The van der Waals surface area contributed by atoms with Crippen molar-refractivity contribution >= 4 is 15.5 Å². The van der Waals surface area contributed by atoms with Crippen LogP contribution in [-0.4, -0.2) is 21.2 Å². The largest absolute Gasteiger partial charge is 0.384 e. The van der Waals surface area contributed by atoms with Crippen molar-refractivity contribution in [1.82, 2.24) is 0 Å². The van der Waals surface area contributed by atoms with Gasteiger partial charge >= 0.3 is 0 Å². The Morgan fingerprint density at radius 2 is 1.76 bits per heavy atom. The van der Waals surface area contributed by atoms with Crippen molar-refractivity contribution < 1.29 is 8.42 Å².